The summed E-state index contributed by atoms with van der Waals surface area (Å²) in [4.78, 5) is 16.5. The van der Waals surface area contributed by atoms with Gasteiger partial charge < -0.3 is 14.4 Å². The fourth-order valence-electron chi connectivity index (χ4n) is 3.53. The van der Waals surface area contributed by atoms with Crippen molar-refractivity contribution in [2.75, 3.05) is 39.4 Å². The number of rotatable bonds is 8. The zero-order valence-electron chi connectivity index (χ0n) is 16.3. The van der Waals surface area contributed by atoms with E-state index in [4.69, 9.17) is 9.47 Å². The summed E-state index contributed by atoms with van der Waals surface area (Å²) in [5.41, 5.74) is 1.14. The lowest BCUT2D eigenvalue weighted by Gasteiger charge is -2.44. The van der Waals surface area contributed by atoms with Gasteiger partial charge in [0, 0.05) is 41.8 Å². The van der Waals surface area contributed by atoms with E-state index in [2.05, 4.69) is 46.5 Å². The molecule has 0 radical (unpaired) electrons. The lowest BCUT2D eigenvalue weighted by Crippen LogP contribution is -2.58. The van der Waals surface area contributed by atoms with Crippen LogP contribution in [-0.4, -0.2) is 67.2 Å². The summed E-state index contributed by atoms with van der Waals surface area (Å²) in [6.07, 6.45) is 0.989. The summed E-state index contributed by atoms with van der Waals surface area (Å²) in [6.45, 7) is 12.8. The Labute approximate surface area is 165 Å². The van der Waals surface area contributed by atoms with Crippen LogP contribution in [0.15, 0.2) is 22.7 Å². The van der Waals surface area contributed by atoms with E-state index in [-0.39, 0.29) is 5.97 Å². The Hall–Kier alpha value is -1.11. The lowest BCUT2D eigenvalue weighted by atomic mass is 10.1. The van der Waals surface area contributed by atoms with Crippen LogP contribution in [0.25, 0.3) is 0 Å². The van der Waals surface area contributed by atoms with E-state index < -0.39 is 0 Å². The molecule has 2 atom stereocenters. The maximum atomic E-state index is 11.8. The second-order valence-electron chi connectivity index (χ2n) is 7.00. The molecule has 0 N–H and O–H groups in total. The third-order valence-electron chi connectivity index (χ3n) is 4.89. The van der Waals surface area contributed by atoms with Gasteiger partial charge in [-0.15, -0.1) is 0 Å². The van der Waals surface area contributed by atoms with Crippen LogP contribution < -0.4 is 4.74 Å². The smallest absolute Gasteiger partial charge is 0.320 e. The maximum Gasteiger partial charge on any atom is 0.320 e. The van der Waals surface area contributed by atoms with Gasteiger partial charge in [0.25, 0.3) is 0 Å². The highest BCUT2D eigenvalue weighted by molar-refractivity contribution is 9.10. The molecule has 1 heterocycles. The predicted molar refractivity (Wildman–Crippen MR) is 108 cm³/mol. The van der Waals surface area contributed by atoms with Gasteiger partial charge in [0.15, 0.2) is 0 Å². The van der Waals surface area contributed by atoms with Crippen molar-refractivity contribution in [3.63, 3.8) is 0 Å². The number of halogens is 1. The molecule has 1 fully saturated rings. The van der Waals surface area contributed by atoms with E-state index in [0.717, 1.165) is 41.8 Å². The van der Waals surface area contributed by atoms with Crippen molar-refractivity contribution in [2.24, 2.45) is 0 Å². The van der Waals surface area contributed by atoms with Crippen molar-refractivity contribution in [3.8, 4) is 5.75 Å². The lowest BCUT2D eigenvalue weighted by molar-refractivity contribution is -0.146. The molecule has 6 heteroatoms. The van der Waals surface area contributed by atoms with Crippen molar-refractivity contribution in [1.29, 1.82) is 0 Å². The van der Waals surface area contributed by atoms with Crippen molar-refractivity contribution < 1.29 is 14.3 Å². The molecule has 1 aliphatic heterocycles. The van der Waals surface area contributed by atoms with Gasteiger partial charge in [-0.1, -0.05) is 22.0 Å². The van der Waals surface area contributed by atoms with Gasteiger partial charge in [-0.05, 0) is 46.2 Å². The Balaban J connectivity index is 1.74. The molecule has 5 nitrogen and oxygen atoms in total. The molecule has 1 aliphatic rings. The largest absolute Gasteiger partial charge is 0.493 e. The van der Waals surface area contributed by atoms with Crippen LogP contribution in [0.5, 0.6) is 5.75 Å². The highest BCUT2D eigenvalue weighted by Crippen LogP contribution is 2.25. The summed E-state index contributed by atoms with van der Waals surface area (Å²) in [6, 6.07) is 6.73. The summed E-state index contributed by atoms with van der Waals surface area (Å²) in [5.74, 6) is 0.817. The number of carbonyl (C=O) groups is 1. The summed E-state index contributed by atoms with van der Waals surface area (Å²) < 4.78 is 12.1. The van der Waals surface area contributed by atoms with E-state index in [0.29, 0.717) is 31.8 Å². The van der Waals surface area contributed by atoms with E-state index in [1.54, 1.807) is 0 Å². The van der Waals surface area contributed by atoms with Crippen LogP contribution in [0, 0.1) is 6.92 Å². The highest BCUT2D eigenvalue weighted by atomic mass is 79.9. The quantitative estimate of drug-likeness (QED) is 0.470. The van der Waals surface area contributed by atoms with Crippen LogP contribution in [0.2, 0.25) is 0 Å². The first-order valence-electron chi connectivity index (χ1n) is 9.44. The standard InChI is InChI=1S/C20H31BrN2O3/c1-5-25-20(24)14-23-15(2)12-22(13-16(23)3)10-7-11-26-19-9-6-8-18(21)17(19)4/h6,8-9,15-16H,5,7,10-14H2,1-4H3/t15-,16+. The number of esters is 1. The molecule has 0 aliphatic carbocycles. The SMILES string of the molecule is CCOC(=O)CN1[C@H](C)CN(CCCOc2cccc(Br)c2C)C[C@@H]1C. The molecule has 26 heavy (non-hydrogen) atoms. The van der Waals surface area contributed by atoms with Crippen LogP contribution in [0.1, 0.15) is 32.8 Å². The number of ether oxygens (including phenoxy) is 2. The molecule has 0 aromatic heterocycles. The van der Waals surface area contributed by atoms with Gasteiger partial charge in [0.2, 0.25) is 0 Å². The van der Waals surface area contributed by atoms with Gasteiger partial charge >= 0.3 is 5.97 Å². The first kappa shape index (κ1) is 21.2. The molecule has 0 unspecified atom stereocenters. The number of piperazine rings is 1. The van der Waals surface area contributed by atoms with Crippen molar-refractivity contribution in [1.82, 2.24) is 9.80 Å². The third-order valence-corrected chi connectivity index (χ3v) is 5.75. The Morgan fingerprint density at radius 3 is 2.62 bits per heavy atom. The Bertz CT molecular complexity index is 584. The molecule has 0 amide bonds. The first-order chi connectivity index (χ1) is 12.4. The highest BCUT2D eigenvalue weighted by Gasteiger charge is 2.30. The molecule has 146 valence electrons. The summed E-state index contributed by atoms with van der Waals surface area (Å²) in [7, 11) is 0. The second-order valence-corrected chi connectivity index (χ2v) is 7.85. The summed E-state index contributed by atoms with van der Waals surface area (Å²) in [5, 5.41) is 0. The molecule has 1 aromatic rings. The fourth-order valence-corrected chi connectivity index (χ4v) is 3.88. The minimum absolute atomic E-state index is 0.127. The van der Waals surface area contributed by atoms with E-state index in [1.165, 1.54) is 0 Å². The molecule has 1 aromatic carbocycles. The number of benzene rings is 1. The second kappa shape index (κ2) is 10.3. The molecular formula is C20H31BrN2O3. The normalized spacial score (nSPS) is 21.6. The zero-order chi connectivity index (χ0) is 19.1. The number of hydrogen-bond donors (Lipinski definition) is 0. The van der Waals surface area contributed by atoms with Crippen molar-refractivity contribution in [2.45, 2.75) is 46.2 Å². The average molecular weight is 427 g/mol. The number of hydrogen-bond acceptors (Lipinski definition) is 5. The predicted octanol–water partition coefficient (Wildman–Crippen LogP) is 3.48. The Kier molecular flexibility index (Phi) is 8.38. The van der Waals surface area contributed by atoms with Gasteiger partial charge in [0.1, 0.15) is 5.75 Å². The maximum absolute atomic E-state index is 11.8. The van der Waals surface area contributed by atoms with Gasteiger partial charge in [-0.2, -0.15) is 0 Å². The first-order valence-corrected chi connectivity index (χ1v) is 10.2. The third kappa shape index (κ3) is 5.96. The molecular weight excluding hydrogens is 396 g/mol. The molecule has 0 bridgehead atoms. The van der Waals surface area contributed by atoms with E-state index in [9.17, 15) is 4.79 Å². The van der Waals surface area contributed by atoms with Gasteiger partial charge in [-0.25, -0.2) is 0 Å². The minimum Gasteiger partial charge on any atom is -0.493 e. The van der Waals surface area contributed by atoms with Crippen molar-refractivity contribution >= 4 is 21.9 Å². The van der Waals surface area contributed by atoms with Gasteiger partial charge in [0.05, 0.1) is 19.8 Å². The van der Waals surface area contributed by atoms with Crippen LogP contribution >= 0.6 is 15.9 Å². The van der Waals surface area contributed by atoms with Crippen LogP contribution in [-0.2, 0) is 9.53 Å². The monoisotopic (exact) mass is 426 g/mol. The number of nitrogens with zero attached hydrogens (tertiary/aromatic N) is 2. The summed E-state index contributed by atoms with van der Waals surface area (Å²) >= 11 is 3.54. The topological polar surface area (TPSA) is 42.0 Å². The van der Waals surface area contributed by atoms with E-state index in [1.807, 2.05) is 25.1 Å². The average Bonchev–Trinajstić information content (AvgIpc) is 2.59. The minimum atomic E-state index is -0.127. The van der Waals surface area contributed by atoms with Gasteiger partial charge in [-0.3, -0.25) is 9.69 Å². The van der Waals surface area contributed by atoms with Crippen molar-refractivity contribution in [3.05, 3.63) is 28.2 Å². The molecule has 0 spiro atoms. The van der Waals surface area contributed by atoms with Crippen LogP contribution in [0.4, 0.5) is 0 Å². The Morgan fingerprint density at radius 1 is 1.27 bits per heavy atom. The number of carbonyl (C=O) groups excluding carboxylic acids is 1. The molecule has 0 saturated carbocycles. The van der Waals surface area contributed by atoms with Crippen LogP contribution in [0.3, 0.4) is 0 Å². The fraction of sp³-hybridized carbons (Fsp3) is 0.650. The molecule has 2 rings (SSSR count). The zero-order valence-corrected chi connectivity index (χ0v) is 17.9. The van der Waals surface area contributed by atoms with E-state index >= 15 is 0 Å². The molecule has 1 saturated heterocycles. The Morgan fingerprint density at radius 2 is 1.96 bits per heavy atom.